The Bertz CT molecular complexity index is 1420. The van der Waals surface area contributed by atoms with Crippen LogP contribution in [-0.4, -0.2) is 53.3 Å². The quantitative estimate of drug-likeness (QED) is 0.314. The number of primary amides is 1. The number of pyridine rings is 1. The number of aryl methyl sites for hydroxylation is 1. The Morgan fingerprint density at radius 3 is 2.76 bits per heavy atom. The van der Waals surface area contributed by atoms with Crippen molar-refractivity contribution < 1.29 is 18.3 Å². The number of anilines is 3. The minimum atomic E-state index is -2.29. The second-order valence-corrected chi connectivity index (χ2v) is 8.14. The highest BCUT2D eigenvalue weighted by Gasteiger charge is 2.22. The van der Waals surface area contributed by atoms with E-state index < -0.39 is 17.0 Å². The molecule has 0 aliphatic carbocycles. The summed E-state index contributed by atoms with van der Waals surface area (Å²) in [5.41, 5.74) is 9.31. The number of nitrogens with zero attached hydrogens (tertiary/aromatic N) is 5. The minimum absolute atomic E-state index is 0.0562. The van der Waals surface area contributed by atoms with E-state index in [9.17, 15) is 13.6 Å². The molecule has 3 heterocycles. The van der Waals surface area contributed by atoms with E-state index in [-0.39, 0.29) is 28.8 Å². The first-order valence-electron chi connectivity index (χ1n) is 9.97. The molecule has 34 heavy (non-hydrogen) atoms. The summed E-state index contributed by atoms with van der Waals surface area (Å²) in [5.74, 6) is -0.822. The van der Waals surface area contributed by atoms with Gasteiger partial charge in [0.15, 0.2) is 11.5 Å². The van der Waals surface area contributed by atoms with Gasteiger partial charge in [-0.15, -0.1) is 0 Å². The van der Waals surface area contributed by atoms with E-state index in [1.165, 1.54) is 7.11 Å². The summed E-state index contributed by atoms with van der Waals surface area (Å²) < 4.78 is 29.7. The van der Waals surface area contributed by atoms with Crippen molar-refractivity contribution >= 4 is 45.2 Å². The summed E-state index contributed by atoms with van der Waals surface area (Å²) in [5, 5.41) is 5.94. The van der Waals surface area contributed by atoms with E-state index in [1.807, 2.05) is 7.05 Å². The molecular formula is C21H21N8O4S-. The van der Waals surface area contributed by atoms with Crippen LogP contribution in [0.1, 0.15) is 16.1 Å². The highest BCUT2D eigenvalue weighted by atomic mass is 32.2. The lowest BCUT2D eigenvalue weighted by atomic mass is 10.1. The Morgan fingerprint density at radius 2 is 2.09 bits per heavy atom. The largest absolute Gasteiger partial charge is 0.772 e. The average molecular weight is 482 g/mol. The fraction of sp³-hybridized carbons (Fsp3) is 0.190. The third-order valence-electron chi connectivity index (χ3n) is 5.09. The molecule has 0 spiro atoms. The topological polar surface area (TPSA) is 173 Å². The van der Waals surface area contributed by atoms with E-state index in [2.05, 4.69) is 30.6 Å². The van der Waals surface area contributed by atoms with Gasteiger partial charge in [0, 0.05) is 37.4 Å². The first-order chi connectivity index (χ1) is 16.3. The molecule has 1 atom stereocenters. The summed E-state index contributed by atoms with van der Waals surface area (Å²) in [7, 11) is 4.95. The second kappa shape index (κ2) is 9.41. The Morgan fingerprint density at radius 1 is 1.29 bits per heavy atom. The van der Waals surface area contributed by atoms with Crippen LogP contribution in [0.15, 0.2) is 36.9 Å². The number of aromatic nitrogens is 5. The van der Waals surface area contributed by atoms with E-state index >= 15 is 0 Å². The molecule has 3 aromatic heterocycles. The van der Waals surface area contributed by atoms with Gasteiger partial charge in [-0.2, -0.15) is 4.98 Å². The molecule has 12 nitrogen and oxygen atoms in total. The van der Waals surface area contributed by atoms with Gasteiger partial charge in [0.2, 0.25) is 5.88 Å². The maximum absolute atomic E-state index is 12.3. The van der Waals surface area contributed by atoms with Crippen LogP contribution in [0.4, 0.5) is 17.2 Å². The SMILES string of the molecule is CNc1ccc(Nc2nc(OC)c(-c3cncc4c3ncn4C)nc2C(N)=O)cc1CS(=O)[O-]. The number of hydrogen-bond donors (Lipinski definition) is 3. The van der Waals surface area contributed by atoms with Gasteiger partial charge in [-0.3, -0.25) is 14.0 Å². The molecule has 1 aromatic carbocycles. The lowest BCUT2D eigenvalue weighted by Gasteiger charge is -2.16. The van der Waals surface area contributed by atoms with E-state index in [0.29, 0.717) is 28.0 Å². The summed E-state index contributed by atoms with van der Waals surface area (Å²) in [4.78, 5) is 29.8. The zero-order valence-electron chi connectivity index (χ0n) is 18.5. The number of methoxy groups -OCH3 is 1. The normalized spacial score (nSPS) is 11.9. The lowest BCUT2D eigenvalue weighted by molar-refractivity contribution is 0.0996. The highest BCUT2D eigenvalue weighted by Crippen LogP contribution is 2.34. The number of ether oxygens (including phenoxy) is 1. The molecule has 1 unspecified atom stereocenters. The number of imidazole rings is 1. The van der Waals surface area contributed by atoms with Gasteiger partial charge >= 0.3 is 0 Å². The maximum atomic E-state index is 12.3. The highest BCUT2D eigenvalue weighted by molar-refractivity contribution is 7.78. The zero-order chi connectivity index (χ0) is 24.4. The molecule has 4 N–H and O–H groups in total. The molecule has 1 amide bonds. The molecule has 4 aromatic rings. The molecule has 0 aliphatic heterocycles. The van der Waals surface area contributed by atoms with Crippen LogP contribution in [0.25, 0.3) is 22.3 Å². The van der Waals surface area contributed by atoms with Crippen LogP contribution in [-0.2, 0) is 23.9 Å². The maximum Gasteiger partial charge on any atom is 0.271 e. The predicted molar refractivity (Wildman–Crippen MR) is 127 cm³/mol. The van der Waals surface area contributed by atoms with Crippen LogP contribution in [0.2, 0.25) is 0 Å². The van der Waals surface area contributed by atoms with E-state index in [0.717, 1.165) is 5.52 Å². The smallest absolute Gasteiger partial charge is 0.271 e. The fourth-order valence-electron chi connectivity index (χ4n) is 3.51. The van der Waals surface area contributed by atoms with Gasteiger partial charge in [-0.25, -0.2) is 9.97 Å². The predicted octanol–water partition coefficient (Wildman–Crippen LogP) is 1.70. The Hall–Kier alpha value is -4.10. The molecular weight excluding hydrogens is 460 g/mol. The van der Waals surface area contributed by atoms with Gasteiger partial charge in [-0.1, -0.05) is 11.1 Å². The van der Waals surface area contributed by atoms with Gasteiger partial charge in [0.05, 0.1) is 30.7 Å². The molecule has 0 saturated heterocycles. The molecule has 0 aliphatic rings. The number of rotatable bonds is 8. The molecule has 176 valence electrons. The number of amides is 1. The van der Waals surface area contributed by atoms with Crippen molar-refractivity contribution in [2.75, 3.05) is 24.8 Å². The van der Waals surface area contributed by atoms with Crippen LogP contribution in [0, 0.1) is 0 Å². The molecule has 0 radical (unpaired) electrons. The Kier molecular flexibility index (Phi) is 6.38. The van der Waals surface area contributed by atoms with Crippen molar-refractivity contribution in [2.24, 2.45) is 12.8 Å². The van der Waals surface area contributed by atoms with Gasteiger partial charge in [-0.05, 0) is 23.8 Å². The summed E-state index contributed by atoms with van der Waals surface area (Å²) in [6.07, 6.45) is 4.87. The third kappa shape index (κ3) is 4.38. The molecule has 13 heteroatoms. The van der Waals surface area contributed by atoms with Gasteiger partial charge < -0.3 is 30.2 Å². The second-order valence-electron chi connectivity index (χ2n) is 7.25. The van der Waals surface area contributed by atoms with Crippen LogP contribution >= 0.6 is 0 Å². The van der Waals surface area contributed by atoms with Crippen molar-refractivity contribution in [3.8, 4) is 17.1 Å². The van der Waals surface area contributed by atoms with Gasteiger partial charge in [0.1, 0.15) is 11.2 Å². The lowest BCUT2D eigenvalue weighted by Crippen LogP contribution is -2.18. The van der Waals surface area contributed by atoms with E-state index in [4.69, 9.17) is 10.5 Å². The molecule has 0 bridgehead atoms. The minimum Gasteiger partial charge on any atom is -0.772 e. The van der Waals surface area contributed by atoms with Crippen molar-refractivity contribution in [3.05, 3.63) is 48.2 Å². The molecule has 0 saturated carbocycles. The first kappa shape index (κ1) is 23.1. The molecule has 0 fully saturated rings. The fourth-order valence-corrected chi connectivity index (χ4v) is 4.00. The number of nitrogens with one attached hydrogen (secondary N) is 2. The van der Waals surface area contributed by atoms with Crippen LogP contribution in [0.3, 0.4) is 0 Å². The number of fused-ring (bicyclic) bond motifs is 1. The summed E-state index contributed by atoms with van der Waals surface area (Å²) in [6.45, 7) is 0. The zero-order valence-corrected chi connectivity index (χ0v) is 19.3. The number of carbonyl (C=O) groups is 1. The average Bonchev–Trinajstić information content (AvgIpc) is 3.19. The van der Waals surface area contributed by atoms with Crippen molar-refractivity contribution in [2.45, 2.75) is 5.75 Å². The first-order valence-corrected chi connectivity index (χ1v) is 11.2. The number of carbonyl (C=O) groups excluding carboxylic acids is 1. The van der Waals surface area contributed by atoms with Crippen LogP contribution < -0.4 is 21.1 Å². The number of hydrogen-bond acceptors (Lipinski definition) is 10. The number of benzene rings is 1. The van der Waals surface area contributed by atoms with Crippen molar-refractivity contribution in [1.82, 2.24) is 24.5 Å². The van der Waals surface area contributed by atoms with Crippen LogP contribution in [0.5, 0.6) is 5.88 Å². The Labute approximate surface area is 196 Å². The Balaban J connectivity index is 1.82. The molecule has 4 rings (SSSR count). The third-order valence-corrected chi connectivity index (χ3v) is 5.64. The van der Waals surface area contributed by atoms with Gasteiger partial charge in [0.25, 0.3) is 5.91 Å². The monoisotopic (exact) mass is 481 g/mol. The summed E-state index contributed by atoms with van der Waals surface area (Å²) >= 11 is -2.29. The van der Waals surface area contributed by atoms with Crippen molar-refractivity contribution in [1.29, 1.82) is 0 Å². The number of nitrogens with two attached hydrogens (primary N) is 1. The summed E-state index contributed by atoms with van der Waals surface area (Å²) in [6, 6.07) is 5.04. The standard InChI is InChI=1S/C21H22N8O4S/c1-23-14-5-4-12(6-11(14)9-34(31)32)26-20-18(19(22)30)27-17(21(28-20)33-3)13-7-24-8-15-16(13)25-10-29(15)2/h4-8,10,23H,9H2,1-3H3,(H2,22,30)(H,26,28)(H,31,32)/p-1. The van der Waals surface area contributed by atoms with E-state index in [1.54, 1.807) is 48.5 Å². The van der Waals surface area contributed by atoms with Crippen molar-refractivity contribution in [3.63, 3.8) is 0 Å².